The predicted molar refractivity (Wildman–Crippen MR) is 115 cm³/mol. The van der Waals surface area contributed by atoms with Crippen LogP contribution < -0.4 is 10.2 Å². The molecular weight excluding hydrogens is 360 g/mol. The van der Waals surface area contributed by atoms with E-state index >= 15 is 0 Å². The maximum atomic E-state index is 13.0. The molecule has 4 nitrogen and oxygen atoms in total. The average Bonchev–Trinajstić information content (AvgIpc) is 2.77. The fourth-order valence-corrected chi connectivity index (χ4v) is 3.77. The highest BCUT2D eigenvalue weighted by molar-refractivity contribution is 6.07. The first-order chi connectivity index (χ1) is 14.1. The second kappa shape index (κ2) is 8.31. The molecule has 3 aromatic carbocycles. The first kappa shape index (κ1) is 18.9. The normalized spacial score (nSPS) is 12.9. The number of hydrogen-bond acceptors (Lipinski definition) is 2. The van der Waals surface area contributed by atoms with Gasteiger partial charge in [0, 0.05) is 29.9 Å². The van der Waals surface area contributed by atoms with Gasteiger partial charge in [0.15, 0.2) is 0 Å². The summed E-state index contributed by atoms with van der Waals surface area (Å²) in [6, 6.07) is 23.0. The molecule has 3 aromatic rings. The number of nitrogens with one attached hydrogen (secondary N) is 1. The molecule has 0 bridgehead atoms. The fourth-order valence-electron chi connectivity index (χ4n) is 3.77. The number of fused-ring (bicyclic) bond motifs is 1. The molecule has 0 aromatic heterocycles. The van der Waals surface area contributed by atoms with Crippen LogP contribution in [0.3, 0.4) is 0 Å². The second-order valence-electron chi connectivity index (χ2n) is 7.44. The Balaban J connectivity index is 1.44. The summed E-state index contributed by atoms with van der Waals surface area (Å²) in [5, 5.41) is 2.93. The number of carbonyl (C=O) groups is 2. The minimum atomic E-state index is -0.145. The molecule has 1 aliphatic heterocycles. The third-order valence-corrected chi connectivity index (χ3v) is 5.28. The number of carbonyl (C=O) groups excluding carboxylic acids is 2. The predicted octanol–water partition coefficient (Wildman–Crippen LogP) is 4.52. The summed E-state index contributed by atoms with van der Waals surface area (Å²) in [6.45, 7) is 3.22. The quantitative estimate of drug-likeness (QED) is 0.719. The Hall–Kier alpha value is -3.40. The van der Waals surface area contributed by atoms with Crippen molar-refractivity contribution in [3.8, 4) is 0 Å². The number of aryl methyl sites for hydroxylation is 2. The van der Waals surface area contributed by atoms with Crippen molar-refractivity contribution in [1.29, 1.82) is 0 Å². The van der Waals surface area contributed by atoms with Crippen molar-refractivity contribution in [3.63, 3.8) is 0 Å². The van der Waals surface area contributed by atoms with Gasteiger partial charge in [-0.05, 0) is 61.2 Å². The standard InChI is InChI=1S/C25H24N2O2/c1-18-6-4-7-19(16-18)17-26-24(28)21-11-13-22(14-12-21)25(29)27-15-5-9-20-8-2-3-10-23(20)27/h2-4,6-8,10-14,16H,5,9,15,17H2,1H3,(H,26,28). The maximum absolute atomic E-state index is 13.0. The Labute approximate surface area is 171 Å². The third-order valence-electron chi connectivity index (χ3n) is 5.28. The van der Waals surface area contributed by atoms with E-state index in [1.165, 1.54) is 11.1 Å². The number of hydrogen-bond donors (Lipinski definition) is 1. The van der Waals surface area contributed by atoms with Gasteiger partial charge in [0.1, 0.15) is 0 Å². The van der Waals surface area contributed by atoms with E-state index < -0.39 is 0 Å². The Morgan fingerprint density at radius 2 is 1.69 bits per heavy atom. The van der Waals surface area contributed by atoms with Crippen LogP contribution in [-0.4, -0.2) is 18.4 Å². The summed E-state index contributed by atoms with van der Waals surface area (Å²) in [7, 11) is 0. The van der Waals surface area contributed by atoms with Crippen LogP contribution in [0.4, 0.5) is 5.69 Å². The van der Waals surface area contributed by atoms with Crippen molar-refractivity contribution in [2.75, 3.05) is 11.4 Å². The summed E-state index contributed by atoms with van der Waals surface area (Å²) >= 11 is 0. The van der Waals surface area contributed by atoms with Crippen LogP contribution in [0.1, 0.15) is 43.8 Å². The molecule has 0 aliphatic carbocycles. The zero-order chi connectivity index (χ0) is 20.2. The van der Waals surface area contributed by atoms with Gasteiger partial charge in [-0.3, -0.25) is 9.59 Å². The largest absolute Gasteiger partial charge is 0.348 e. The van der Waals surface area contributed by atoms with Crippen LogP contribution in [0, 0.1) is 6.92 Å². The van der Waals surface area contributed by atoms with E-state index in [-0.39, 0.29) is 11.8 Å². The summed E-state index contributed by atoms with van der Waals surface area (Å²) in [5.74, 6) is -0.169. The van der Waals surface area contributed by atoms with Gasteiger partial charge in [-0.15, -0.1) is 0 Å². The molecular formula is C25H24N2O2. The highest BCUT2D eigenvalue weighted by Gasteiger charge is 2.23. The lowest BCUT2D eigenvalue weighted by atomic mass is 10.0. The number of para-hydroxylation sites is 1. The van der Waals surface area contributed by atoms with Crippen LogP contribution >= 0.6 is 0 Å². The number of benzene rings is 3. The Morgan fingerprint density at radius 3 is 2.48 bits per heavy atom. The Kier molecular flexibility index (Phi) is 5.43. The van der Waals surface area contributed by atoms with Gasteiger partial charge in [-0.25, -0.2) is 0 Å². The van der Waals surface area contributed by atoms with Gasteiger partial charge in [0.25, 0.3) is 11.8 Å². The van der Waals surface area contributed by atoms with E-state index in [4.69, 9.17) is 0 Å². The number of rotatable bonds is 4. The smallest absolute Gasteiger partial charge is 0.258 e. The van der Waals surface area contributed by atoms with Crippen LogP contribution in [0.5, 0.6) is 0 Å². The van der Waals surface area contributed by atoms with Crippen molar-refractivity contribution in [3.05, 3.63) is 101 Å². The van der Waals surface area contributed by atoms with Crippen LogP contribution in [0.2, 0.25) is 0 Å². The van der Waals surface area contributed by atoms with Crippen molar-refractivity contribution in [1.82, 2.24) is 5.32 Å². The van der Waals surface area contributed by atoms with E-state index in [1.54, 1.807) is 24.3 Å². The summed E-state index contributed by atoms with van der Waals surface area (Å²) in [6.07, 6.45) is 1.96. The van der Waals surface area contributed by atoms with Crippen LogP contribution in [0.25, 0.3) is 0 Å². The van der Waals surface area contributed by atoms with E-state index in [1.807, 2.05) is 48.2 Å². The molecule has 0 saturated heterocycles. The summed E-state index contributed by atoms with van der Waals surface area (Å²) < 4.78 is 0. The Morgan fingerprint density at radius 1 is 0.931 bits per heavy atom. The van der Waals surface area contributed by atoms with E-state index in [0.717, 1.165) is 24.1 Å². The van der Waals surface area contributed by atoms with Crippen molar-refractivity contribution in [2.45, 2.75) is 26.3 Å². The zero-order valence-electron chi connectivity index (χ0n) is 16.5. The lowest BCUT2D eigenvalue weighted by molar-refractivity contribution is 0.0947. The summed E-state index contributed by atoms with van der Waals surface area (Å²) in [4.78, 5) is 27.3. The molecule has 1 aliphatic rings. The summed E-state index contributed by atoms with van der Waals surface area (Å²) in [5.41, 5.74) is 5.57. The van der Waals surface area contributed by atoms with Crippen LogP contribution in [0.15, 0.2) is 72.8 Å². The second-order valence-corrected chi connectivity index (χ2v) is 7.44. The van der Waals surface area contributed by atoms with E-state index in [2.05, 4.69) is 17.4 Å². The van der Waals surface area contributed by atoms with Crippen LogP contribution in [-0.2, 0) is 13.0 Å². The number of nitrogens with zero attached hydrogens (tertiary/aromatic N) is 1. The minimum Gasteiger partial charge on any atom is -0.348 e. The van der Waals surface area contributed by atoms with Gasteiger partial charge < -0.3 is 10.2 Å². The Bertz CT molecular complexity index is 1040. The third kappa shape index (κ3) is 4.21. The van der Waals surface area contributed by atoms with E-state index in [0.29, 0.717) is 24.2 Å². The fraction of sp³-hybridized carbons (Fsp3) is 0.200. The molecule has 0 spiro atoms. The van der Waals surface area contributed by atoms with Gasteiger partial charge in [0.05, 0.1) is 0 Å². The number of amides is 2. The molecule has 29 heavy (non-hydrogen) atoms. The van der Waals surface area contributed by atoms with Gasteiger partial charge in [-0.1, -0.05) is 48.0 Å². The highest BCUT2D eigenvalue weighted by atomic mass is 16.2. The molecule has 2 amide bonds. The molecule has 4 rings (SSSR count). The zero-order valence-corrected chi connectivity index (χ0v) is 16.5. The highest BCUT2D eigenvalue weighted by Crippen LogP contribution is 2.28. The van der Waals surface area contributed by atoms with Crippen molar-refractivity contribution >= 4 is 17.5 Å². The minimum absolute atomic E-state index is 0.0242. The molecule has 0 radical (unpaired) electrons. The molecule has 0 saturated carbocycles. The SMILES string of the molecule is Cc1cccc(CNC(=O)c2ccc(C(=O)N3CCCc4ccccc43)cc2)c1. The first-order valence-electron chi connectivity index (χ1n) is 9.95. The molecule has 4 heteroatoms. The maximum Gasteiger partial charge on any atom is 0.258 e. The van der Waals surface area contributed by atoms with Gasteiger partial charge in [0.2, 0.25) is 0 Å². The molecule has 1 heterocycles. The molecule has 0 atom stereocenters. The monoisotopic (exact) mass is 384 g/mol. The van der Waals surface area contributed by atoms with Gasteiger partial charge in [-0.2, -0.15) is 0 Å². The topological polar surface area (TPSA) is 49.4 Å². The average molecular weight is 384 g/mol. The lowest BCUT2D eigenvalue weighted by Crippen LogP contribution is -2.35. The van der Waals surface area contributed by atoms with Crippen molar-refractivity contribution < 1.29 is 9.59 Å². The van der Waals surface area contributed by atoms with E-state index in [9.17, 15) is 9.59 Å². The molecule has 0 unspecified atom stereocenters. The molecule has 0 fully saturated rings. The lowest BCUT2D eigenvalue weighted by Gasteiger charge is -2.29. The van der Waals surface area contributed by atoms with Crippen molar-refractivity contribution in [2.24, 2.45) is 0 Å². The first-order valence-corrected chi connectivity index (χ1v) is 9.95. The molecule has 146 valence electrons. The van der Waals surface area contributed by atoms with Gasteiger partial charge >= 0.3 is 0 Å². The molecule has 1 N–H and O–H groups in total. The number of anilines is 1.